The Hall–Kier alpha value is -2.09. The van der Waals surface area contributed by atoms with Crippen LogP contribution in [0, 0.1) is 6.92 Å². The summed E-state index contributed by atoms with van der Waals surface area (Å²) in [4.78, 5) is 6.23. The van der Waals surface area contributed by atoms with Crippen molar-refractivity contribution >= 4 is 5.70 Å². The first-order chi connectivity index (χ1) is 9.16. The predicted molar refractivity (Wildman–Crippen MR) is 80.8 cm³/mol. The highest BCUT2D eigenvalue weighted by molar-refractivity contribution is 5.61. The van der Waals surface area contributed by atoms with Crippen molar-refractivity contribution in [2.45, 2.75) is 13.3 Å². The molecule has 19 heavy (non-hydrogen) atoms. The first kappa shape index (κ1) is 13.3. The minimum atomic E-state index is 0.955. The molecule has 0 N–H and O–H groups in total. The Morgan fingerprint density at radius 3 is 2.37 bits per heavy atom. The number of nitrogens with zero attached hydrogens (tertiary/aromatic N) is 2. The summed E-state index contributed by atoms with van der Waals surface area (Å²) >= 11 is 0. The number of rotatable bonds is 5. The number of aromatic nitrogens is 1. The second-order valence-electron chi connectivity index (χ2n) is 4.84. The van der Waals surface area contributed by atoms with Crippen LogP contribution in [-0.2, 0) is 6.42 Å². The molecule has 1 heterocycles. The molecule has 2 nitrogen and oxygen atoms in total. The summed E-state index contributed by atoms with van der Waals surface area (Å²) in [5, 5.41) is 0. The summed E-state index contributed by atoms with van der Waals surface area (Å²) < 4.78 is 0. The van der Waals surface area contributed by atoms with Gasteiger partial charge in [-0.2, -0.15) is 0 Å². The van der Waals surface area contributed by atoms with Crippen molar-refractivity contribution in [1.82, 2.24) is 9.88 Å². The molecule has 0 aliphatic heterocycles. The van der Waals surface area contributed by atoms with Gasteiger partial charge in [-0.05, 0) is 36.6 Å². The van der Waals surface area contributed by atoms with Crippen molar-refractivity contribution in [2.75, 3.05) is 13.6 Å². The highest BCUT2D eigenvalue weighted by Gasteiger charge is 2.05. The molecule has 0 spiro atoms. The third kappa shape index (κ3) is 3.68. The van der Waals surface area contributed by atoms with E-state index in [-0.39, 0.29) is 0 Å². The van der Waals surface area contributed by atoms with Crippen LogP contribution in [-0.4, -0.2) is 23.5 Å². The topological polar surface area (TPSA) is 16.1 Å². The summed E-state index contributed by atoms with van der Waals surface area (Å²) in [5.41, 5.74) is 4.83. The molecule has 0 aliphatic rings. The predicted octanol–water partition coefficient (Wildman–Crippen LogP) is 3.54. The average Bonchev–Trinajstić information content (AvgIpc) is 2.46. The van der Waals surface area contributed by atoms with Crippen LogP contribution < -0.4 is 0 Å². The van der Waals surface area contributed by atoms with Gasteiger partial charge in [-0.3, -0.25) is 4.98 Å². The van der Waals surface area contributed by atoms with Gasteiger partial charge >= 0.3 is 0 Å². The van der Waals surface area contributed by atoms with Gasteiger partial charge in [0.1, 0.15) is 0 Å². The number of benzene rings is 1. The van der Waals surface area contributed by atoms with Gasteiger partial charge in [-0.25, -0.2) is 0 Å². The summed E-state index contributed by atoms with van der Waals surface area (Å²) in [6, 6.07) is 12.6. The van der Waals surface area contributed by atoms with E-state index < -0.39 is 0 Å². The highest BCUT2D eigenvalue weighted by atomic mass is 15.1. The van der Waals surface area contributed by atoms with E-state index in [0.29, 0.717) is 0 Å². The lowest BCUT2D eigenvalue weighted by Crippen LogP contribution is -2.19. The van der Waals surface area contributed by atoms with Gasteiger partial charge in [-0.15, -0.1) is 0 Å². The molecule has 2 rings (SSSR count). The molecule has 0 saturated carbocycles. The van der Waals surface area contributed by atoms with Gasteiger partial charge in [0.2, 0.25) is 0 Å². The first-order valence-electron chi connectivity index (χ1n) is 6.53. The molecule has 2 aromatic rings. The monoisotopic (exact) mass is 252 g/mol. The summed E-state index contributed by atoms with van der Waals surface area (Å²) in [5.74, 6) is 0. The Labute approximate surface area is 115 Å². The Kier molecular flexibility index (Phi) is 4.35. The number of aryl methyl sites for hydroxylation is 1. The van der Waals surface area contributed by atoms with Gasteiger partial charge in [0.05, 0.1) is 0 Å². The second kappa shape index (κ2) is 6.19. The zero-order valence-electron chi connectivity index (χ0n) is 11.6. The zero-order chi connectivity index (χ0) is 13.7. The van der Waals surface area contributed by atoms with E-state index in [4.69, 9.17) is 0 Å². The highest BCUT2D eigenvalue weighted by Crippen LogP contribution is 2.16. The molecule has 0 atom stereocenters. The van der Waals surface area contributed by atoms with Gasteiger partial charge in [0, 0.05) is 31.7 Å². The summed E-state index contributed by atoms with van der Waals surface area (Å²) in [6.07, 6.45) is 4.68. The van der Waals surface area contributed by atoms with Crippen molar-refractivity contribution in [1.29, 1.82) is 0 Å². The van der Waals surface area contributed by atoms with E-state index in [2.05, 4.69) is 66.8 Å². The van der Waals surface area contributed by atoms with Crippen molar-refractivity contribution in [2.24, 2.45) is 0 Å². The lowest BCUT2D eigenvalue weighted by atomic mass is 10.1. The largest absolute Gasteiger partial charge is 0.374 e. The van der Waals surface area contributed by atoms with Crippen LogP contribution >= 0.6 is 0 Å². The minimum Gasteiger partial charge on any atom is -0.374 e. The maximum Gasteiger partial charge on any atom is 0.0364 e. The maximum absolute atomic E-state index is 4.18. The summed E-state index contributed by atoms with van der Waals surface area (Å²) in [7, 11) is 2.09. The molecule has 98 valence electrons. The van der Waals surface area contributed by atoms with Crippen molar-refractivity contribution in [3.8, 4) is 0 Å². The Morgan fingerprint density at radius 1 is 1.11 bits per heavy atom. The van der Waals surface area contributed by atoms with Crippen LogP contribution in [0.4, 0.5) is 0 Å². The molecule has 1 aromatic heterocycles. The first-order valence-corrected chi connectivity index (χ1v) is 6.53. The molecule has 0 radical (unpaired) electrons. The molecular weight excluding hydrogens is 232 g/mol. The van der Waals surface area contributed by atoms with E-state index >= 15 is 0 Å². The fourth-order valence-electron chi connectivity index (χ4n) is 1.95. The SMILES string of the molecule is C=C(c1ccc(C)cc1)N(C)CCc1ccncc1. The number of hydrogen-bond donors (Lipinski definition) is 0. The van der Waals surface area contributed by atoms with Crippen LogP contribution in [0.25, 0.3) is 5.70 Å². The fraction of sp³-hybridized carbons (Fsp3) is 0.235. The molecule has 0 bridgehead atoms. The van der Waals surface area contributed by atoms with Crippen molar-refractivity contribution in [3.05, 3.63) is 72.1 Å². The van der Waals surface area contributed by atoms with Gasteiger partial charge in [0.15, 0.2) is 0 Å². The second-order valence-corrected chi connectivity index (χ2v) is 4.84. The molecule has 1 aromatic carbocycles. The lowest BCUT2D eigenvalue weighted by molar-refractivity contribution is 0.485. The van der Waals surface area contributed by atoms with Crippen LogP contribution in [0.3, 0.4) is 0 Å². The summed E-state index contributed by atoms with van der Waals surface area (Å²) in [6.45, 7) is 7.23. The molecule has 0 unspecified atom stereocenters. The van der Waals surface area contributed by atoms with E-state index in [9.17, 15) is 0 Å². The molecule has 0 fully saturated rings. The normalized spacial score (nSPS) is 10.2. The van der Waals surface area contributed by atoms with Gasteiger partial charge in [0.25, 0.3) is 0 Å². The minimum absolute atomic E-state index is 0.955. The van der Waals surface area contributed by atoms with Crippen LogP contribution in [0.2, 0.25) is 0 Å². The zero-order valence-corrected chi connectivity index (χ0v) is 11.6. The van der Waals surface area contributed by atoms with Gasteiger partial charge in [-0.1, -0.05) is 36.4 Å². The molecule has 0 saturated heterocycles. The maximum atomic E-state index is 4.18. The molecule has 0 amide bonds. The fourth-order valence-corrected chi connectivity index (χ4v) is 1.95. The quantitative estimate of drug-likeness (QED) is 0.809. The van der Waals surface area contributed by atoms with Crippen molar-refractivity contribution in [3.63, 3.8) is 0 Å². The number of pyridine rings is 1. The van der Waals surface area contributed by atoms with E-state index in [1.54, 1.807) is 0 Å². The Morgan fingerprint density at radius 2 is 1.74 bits per heavy atom. The van der Waals surface area contributed by atoms with Crippen LogP contribution in [0.15, 0.2) is 55.4 Å². The van der Waals surface area contributed by atoms with E-state index in [0.717, 1.165) is 18.7 Å². The molecule has 0 aliphatic carbocycles. The van der Waals surface area contributed by atoms with E-state index in [1.165, 1.54) is 16.7 Å². The Balaban J connectivity index is 1.94. The average molecular weight is 252 g/mol. The van der Waals surface area contributed by atoms with Crippen LogP contribution in [0.1, 0.15) is 16.7 Å². The third-order valence-electron chi connectivity index (χ3n) is 3.33. The molecular formula is C17H20N2. The molecule has 2 heteroatoms. The third-order valence-corrected chi connectivity index (χ3v) is 3.33. The number of likely N-dealkylation sites (N-methyl/N-ethyl adjacent to an activating group) is 1. The number of hydrogen-bond acceptors (Lipinski definition) is 2. The van der Waals surface area contributed by atoms with Crippen molar-refractivity contribution < 1.29 is 0 Å². The van der Waals surface area contributed by atoms with Crippen LogP contribution in [0.5, 0.6) is 0 Å². The smallest absolute Gasteiger partial charge is 0.0364 e. The van der Waals surface area contributed by atoms with E-state index in [1.807, 2.05) is 12.4 Å². The van der Waals surface area contributed by atoms with Gasteiger partial charge < -0.3 is 4.90 Å². The lowest BCUT2D eigenvalue weighted by Gasteiger charge is -2.22. The standard InChI is InChI=1S/C17H20N2/c1-14-4-6-17(7-5-14)15(2)19(3)13-10-16-8-11-18-12-9-16/h4-9,11-12H,2,10,13H2,1,3H3. The Bertz CT molecular complexity index is 529.